The quantitative estimate of drug-likeness (QED) is 0.616. The second-order valence-electron chi connectivity index (χ2n) is 9.46. The predicted molar refractivity (Wildman–Crippen MR) is 127 cm³/mol. The van der Waals surface area contributed by atoms with Crippen molar-refractivity contribution in [1.82, 2.24) is 24.6 Å². The third kappa shape index (κ3) is 3.89. The average molecular weight is 469 g/mol. The summed E-state index contributed by atoms with van der Waals surface area (Å²) >= 11 is 6.73. The molecule has 6 rings (SSSR count). The van der Waals surface area contributed by atoms with Gasteiger partial charge in [0.15, 0.2) is 5.82 Å². The molecule has 3 saturated heterocycles. The largest absolute Gasteiger partial charge is 0.395 e. The van der Waals surface area contributed by atoms with Gasteiger partial charge in [-0.05, 0) is 62.9 Å². The number of β-amino-alcohol motifs (C(OH)–C–C–N with tert-alkyl or cyclic N) is 1. The number of nitrogens with zero attached hydrogens (tertiary/aromatic N) is 6. The molecule has 0 saturated carbocycles. The molecule has 2 atom stereocenters. The first kappa shape index (κ1) is 21.3. The molecule has 1 aromatic carbocycles. The van der Waals surface area contributed by atoms with Crippen molar-refractivity contribution in [3.05, 3.63) is 40.8 Å². The topological polar surface area (TPSA) is 79.5 Å². The molecule has 0 spiro atoms. The number of morpholine rings is 1. The van der Waals surface area contributed by atoms with Gasteiger partial charge >= 0.3 is 0 Å². The van der Waals surface area contributed by atoms with Gasteiger partial charge < -0.3 is 19.6 Å². The Bertz CT molecular complexity index is 1180. The number of aliphatic hydroxyl groups is 1. The van der Waals surface area contributed by atoms with Gasteiger partial charge in [-0.1, -0.05) is 11.6 Å². The molecular weight excluding hydrogens is 440 g/mol. The van der Waals surface area contributed by atoms with E-state index in [-0.39, 0.29) is 6.61 Å². The summed E-state index contributed by atoms with van der Waals surface area (Å²) in [6, 6.07) is 6.66. The van der Waals surface area contributed by atoms with Gasteiger partial charge in [0.25, 0.3) is 0 Å². The number of likely N-dealkylation sites (tertiary alicyclic amines) is 1. The summed E-state index contributed by atoms with van der Waals surface area (Å²) in [7, 11) is 0. The Hall–Kier alpha value is -2.26. The summed E-state index contributed by atoms with van der Waals surface area (Å²) in [5.74, 6) is 2.87. The molecule has 0 amide bonds. The van der Waals surface area contributed by atoms with Gasteiger partial charge in [0.05, 0.1) is 37.1 Å². The zero-order chi connectivity index (χ0) is 22.5. The van der Waals surface area contributed by atoms with E-state index in [0.717, 1.165) is 85.4 Å². The molecule has 3 aliphatic rings. The van der Waals surface area contributed by atoms with Crippen molar-refractivity contribution >= 4 is 28.3 Å². The summed E-state index contributed by atoms with van der Waals surface area (Å²) < 4.78 is 7.68. The SMILES string of the molecule is Cc1nc(N2C[C@H]3C[C@@H]2CO3)cc(-n2ncc3cc(Cl)c(C4CCN(CCO)CC4)cc32)n1. The highest BCUT2D eigenvalue weighted by Gasteiger charge is 2.39. The number of hydrogen-bond acceptors (Lipinski definition) is 7. The summed E-state index contributed by atoms with van der Waals surface area (Å²) in [6.07, 6.45) is 5.32. The van der Waals surface area contributed by atoms with Crippen molar-refractivity contribution in [2.75, 3.05) is 44.3 Å². The lowest BCUT2D eigenvalue weighted by Crippen LogP contribution is -2.37. The van der Waals surface area contributed by atoms with E-state index in [1.165, 1.54) is 5.56 Å². The first-order valence-electron chi connectivity index (χ1n) is 11.8. The molecule has 3 aromatic rings. The molecule has 174 valence electrons. The first-order valence-corrected chi connectivity index (χ1v) is 12.2. The maximum Gasteiger partial charge on any atom is 0.159 e. The number of benzene rings is 1. The number of anilines is 1. The van der Waals surface area contributed by atoms with Crippen molar-refractivity contribution in [3.8, 4) is 5.82 Å². The van der Waals surface area contributed by atoms with Crippen molar-refractivity contribution in [3.63, 3.8) is 0 Å². The van der Waals surface area contributed by atoms with Crippen LogP contribution in [0.2, 0.25) is 5.02 Å². The van der Waals surface area contributed by atoms with Crippen molar-refractivity contribution in [2.24, 2.45) is 0 Å². The Labute approximate surface area is 198 Å². The van der Waals surface area contributed by atoms with Crippen LogP contribution in [0.5, 0.6) is 0 Å². The average Bonchev–Trinajstić information content (AvgIpc) is 3.55. The fourth-order valence-electron chi connectivity index (χ4n) is 5.64. The van der Waals surface area contributed by atoms with Gasteiger partial charge in [0.1, 0.15) is 11.6 Å². The third-order valence-corrected chi connectivity index (χ3v) is 7.68. The van der Waals surface area contributed by atoms with Gasteiger partial charge in [0.2, 0.25) is 0 Å². The summed E-state index contributed by atoms with van der Waals surface area (Å²) in [4.78, 5) is 14.1. The van der Waals surface area contributed by atoms with Crippen LogP contribution in [0, 0.1) is 6.92 Å². The van der Waals surface area contributed by atoms with Crippen molar-refractivity contribution < 1.29 is 9.84 Å². The van der Waals surface area contributed by atoms with Crippen LogP contribution in [-0.2, 0) is 4.74 Å². The van der Waals surface area contributed by atoms with Crippen LogP contribution in [0.4, 0.5) is 5.82 Å². The molecule has 2 aromatic heterocycles. The monoisotopic (exact) mass is 468 g/mol. The number of aromatic nitrogens is 4. The van der Waals surface area contributed by atoms with Crippen LogP contribution in [0.15, 0.2) is 24.4 Å². The zero-order valence-electron chi connectivity index (χ0n) is 18.8. The summed E-state index contributed by atoms with van der Waals surface area (Å²) in [5, 5.41) is 15.7. The van der Waals surface area contributed by atoms with Crippen LogP contribution < -0.4 is 4.90 Å². The fraction of sp³-hybridized carbons (Fsp3) is 0.542. The molecule has 5 heterocycles. The van der Waals surface area contributed by atoms with E-state index in [2.05, 4.69) is 21.0 Å². The fourth-order valence-corrected chi connectivity index (χ4v) is 5.97. The molecule has 33 heavy (non-hydrogen) atoms. The molecule has 3 aliphatic heterocycles. The Morgan fingerprint density at radius 3 is 2.70 bits per heavy atom. The summed E-state index contributed by atoms with van der Waals surface area (Å²) in [6.45, 7) is 6.51. The van der Waals surface area contributed by atoms with Crippen molar-refractivity contribution in [2.45, 2.75) is 44.2 Å². The van der Waals surface area contributed by atoms with E-state index in [1.54, 1.807) is 0 Å². The number of rotatable bonds is 5. The van der Waals surface area contributed by atoms with Gasteiger partial charge in [0, 0.05) is 29.6 Å². The minimum absolute atomic E-state index is 0.211. The number of piperidine rings is 1. The summed E-state index contributed by atoms with van der Waals surface area (Å²) in [5.41, 5.74) is 2.19. The Morgan fingerprint density at radius 1 is 1.15 bits per heavy atom. The van der Waals surface area contributed by atoms with Crippen LogP contribution in [0.1, 0.15) is 36.6 Å². The highest BCUT2D eigenvalue weighted by atomic mass is 35.5. The lowest BCUT2D eigenvalue weighted by Gasteiger charge is -2.32. The van der Waals surface area contributed by atoms with Crippen LogP contribution in [0.3, 0.4) is 0 Å². The number of halogens is 1. The maximum atomic E-state index is 9.23. The molecule has 3 fully saturated rings. The van der Waals surface area contributed by atoms with Crippen LogP contribution in [0.25, 0.3) is 16.7 Å². The molecule has 9 heteroatoms. The van der Waals surface area contributed by atoms with Gasteiger partial charge in [-0.15, -0.1) is 0 Å². The van der Waals surface area contributed by atoms with E-state index in [4.69, 9.17) is 26.3 Å². The smallest absolute Gasteiger partial charge is 0.159 e. The van der Waals surface area contributed by atoms with Gasteiger partial charge in [-0.25, -0.2) is 14.6 Å². The predicted octanol–water partition coefficient (Wildman–Crippen LogP) is 2.93. The molecule has 0 unspecified atom stereocenters. The van der Waals surface area contributed by atoms with Crippen LogP contribution in [-0.4, -0.2) is 81.3 Å². The number of fused-ring (bicyclic) bond motifs is 3. The minimum atomic E-state index is 0.211. The standard InChI is InChI=1S/C24H29ClN6O2/c1-15-27-23(30-13-19-9-18(30)14-33-19)11-24(28-15)31-22-10-20(21(25)8-17(22)12-26-31)16-2-4-29(5-3-16)6-7-32/h8,10-12,16,18-19,32H,2-7,9,13-14H2,1H3/t18-,19-/m1/s1. The molecular formula is C24H29ClN6O2. The van der Waals surface area contributed by atoms with Gasteiger partial charge in [-0.3, -0.25) is 0 Å². The first-order chi connectivity index (χ1) is 16.1. The molecule has 0 radical (unpaired) electrons. The van der Waals surface area contributed by atoms with E-state index in [0.29, 0.717) is 18.1 Å². The lowest BCUT2D eigenvalue weighted by atomic mass is 9.89. The molecule has 1 N–H and O–H groups in total. The number of aliphatic hydroxyl groups excluding tert-OH is 1. The normalized spacial score (nSPS) is 23.8. The van der Waals surface area contributed by atoms with E-state index in [9.17, 15) is 5.11 Å². The highest BCUT2D eigenvalue weighted by molar-refractivity contribution is 6.32. The lowest BCUT2D eigenvalue weighted by molar-refractivity contribution is 0.0988. The van der Waals surface area contributed by atoms with Gasteiger partial charge in [-0.2, -0.15) is 5.10 Å². The van der Waals surface area contributed by atoms with Crippen molar-refractivity contribution in [1.29, 1.82) is 0 Å². The van der Waals surface area contributed by atoms with E-state index >= 15 is 0 Å². The minimum Gasteiger partial charge on any atom is -0.395 e. The highest BCUT2D eigenvalue weighted by Crippen LogP contribution is 2.36. The third-order valence-electron chi connectivity index (χ3n) is 7.35. The van der Waals surface area contributed by atoms with E-state index in [1.807, 2.05) is 29.9 Å². The second kappa shape index (κ2) is 8.51. The number of aryl methyl sites for hydroxylation is 1. The Morgan fingerprint density at radius 2 is 1.97 bits per heavy atom. The van der Waals surface area contributed by atoms with E-state index < -0.39 is 0 Å². The maximum absolute atomic E-state index is 9.23. The molecule has 2 bridgehead atoms. The zero-order valence-corrected chi connectivity index (χ0v) is 19.6. The number of hydrogen-bond donors (Lipinski definition) is 1. The molecule has 0 aliphatic carbocycles. The number of ether oxygens (including phenoxy) is 1. The Kier molecular flexibility index (Phi) is 5.49. The Balaban J connectivity index is 1.34. The van der Waals surface area contributed by atoms with Crippen LogP contribution >= 0.6 is 11.6 Å². The molecule has 8 nitrogen and oxygen atoms in total. The second-order valence-corrected chi connectivity index (χ2v) is 9.86.